The van der Waals surface area contributed by atoms with E-state index < -0.39 is 11.9 Å². The number of carbonyl (C=O) groups is 2. The molecule has 4 N–H and O–H groups in total. The van der Waals surface area contributed by atoms with Gasteiger partial charge >= 0.3 is 11.9 Å². The maximum atomic E-state index is 9.92. The van der Waals surface area contributed by atoms with Crippen LogP contribution in [0.5, 0.6) is 0 Å². The topological polar surface area (TPSA) is 143 Å². The molecule has 0 fully saturated rings. The number of esters is 2. The second-order valence-electron chi connectivity index (χ2n) is 3.90. The van der Waals surface area contributed by atoms with Crippen molar-refractivity contribution >= 4 is 11.9 Å². The maximum absolute atomic E-state index is 9.92. The zero-order chi connectivity index (χ0) is 17.8. The van der Waals surface area contributed by atoms with Gasteiger partial charge < -0.3 is 34.6 Å². The Labute approximate surface area is 135 Å². The first kappa shape index (κ1) is 23.9. The number of hydrogen-bond acceptors (Lipinski definition) is 9. The summed E-state index contributed by atoms with van der Waals surface area (Å²) in [6.07, 6.45) is 3.54. The Balaban J connectivity index is 0. The lowest BCUT2D eigenvalue weighted by Crippen LogP contribution is -2.03. The van der Waals surface area contributed by atoms with Crippen molar-refractivity contribution < 1.29 is 44.2 Å². The second-order valence-corrected chi connectivity index (χ2v) is 3.90. The normalized spacial score (nSPS) is 12.2. The molecule has 136 valence electrons. The number of cyclic esters (lactones) is 2. The molecule has 0 saturated heterocycles. The van der Waals surface area contributed by atoms with Crippen LogP contribution in [-0.4, -0.2) is 85.2 Å². The number of ether oxygens (including phenoxy) is 3. The van der Waals surface area contributed by atoms with Gasteiger partial charge in [-0.25, -0.2) is 9.59 Å². The molecular weight excluding hydrogens is 312 g/mol. The van der Waals surface area contributed by atoms with E-state index in [0.717, 1.165) is 12.2 Å². The Bertz CT molecular complexity index is 279. The van der Waals surface area contributed by atoms with Gasteiger partial charge in [-0.2, -0.15) is 0 Å². The maximum Gasteiger partial charge on any atom is 0.338 e. The van der Waals surface area contributed by atoms with Gasteiger partial charge in [0.1, 0.15) is 0 Å². The van der Waals surface area contributed by atoms with Crippen LogP contribution in [0.4, 0.5) is 0 Å². The molecule has 0 saturated carbocycles. The number of hydrogen-bond donors (Lipinski definition) is 4. The van der Waals surface area contributed by atoms with Gasteiger partial charge in [0, 0.05) is 38.6 Å². The van der Waals surface area contributed by atoms with E-state index in [-0.39, 0.29) is 26.4 Å². The van der Waals surface area contributed by atoms with E-state index >= 15 is 0 Å². The van der Waals surface area contributed by atoms with Gasteiger partial charge in [-0.3, -0.25) is 0 Å². The van der Waals surface area contributed by atoms with Crippen LogP contribution < -0.4 is 0 Å². The van der Waals surface area contributed by atoms with E-state index in [1.807, 2.05) is 0 Å². The van der Waals surface area contributed by atoms with Gasteiger partial charge in [0.05, 0.1) is 26.4 Å². The number of aliphatic hydroxyl groups excluding tert-OH is 4. The summed E-state index contributed by atoms with van der Waals surface area (Å²) in [7, 11) is 0. The lowest BCUT2D eigenvalue weighted by Gasteiger charge is -1.99. The molecule has 1 heterocycles. The highest BCUT2D eigenvalue weighted by Crippen LogP contribution is 1.92. The van der Waals surface area contributed by atoms with Crippen LogP contribution in [0.2, 0.25) is 0 Å². The van der Waals surface area contributed by atoms with Crippen molar-refractivity contribution in [3.05, 3.63) is 12.2 Å². The molecule has 0 aromatic heterocycles. The van der Waals surface area contributed by atoms with Crippen molar-refractivity contribution in [2.45, 2.75) is 12.8 Å². The number of rotatable bonds is 10. The minimum Gasteiger partial charge on any atom is -0.396 e. The quantitative estimate of drug-likeness (QED) is 0.210. The summed E-state index contributed by atoms with van der Waals surface area (Å²) in [6, 6.07) is 0. The van der Waals surface area contributed by atoms with Gasteiger partial charge in [-0.05, 0) is 12.8 Å². The molecule has 0 spiro atoms. The molecule has 1 aliphatic heterocycles. The molecule has 9 nitrogen and oxygen atoms in total. The van der Waals surface area contributed by atoms with Crippen LogP contribution in [-0.2, 0) is 23.8 Å². The Morgan fingerprint density at radius 1 is 0.696 bits per heavy atom. The van der Waals surface area contributed by atoms with Crippen LogP contribution >= 0.6 is 0 Å². The smallest absolute Gasteiger partial charge is 0.338 e. The van der Waals surface area contributed by atoms with Gasteiger partial charge in [-0.1, -0.05) is 0 Å². The highest BCUT2D eigenvalue weighted by molar-refractivity contribution is 6.04. The van der Waals surface area contributed by atoms with E-state index in [0.29, 0.717) is 39.3 Å². The fourth-order valence-electron chi connectivity index (χ4n) is 0.970. The Morgan fingerprint density at radius 2 is 1.09 bits per heavy atom. The van der Waals surface area contributed by atoms with Gasteiger partial charge in [-0.15, -0.1) is 0 Å². The van der Waals surface area contributed by atoms with Crippen molar-refractivity contribution in [2.75, 3.05) is 52.9 Å². The van der Waals surface area contributed by atoms with Crippen LogP contribution in [0.15, 0.2) is 12.2 Å². The zero-order valence-corrected chi connectivity index (χ0v) is 13.1. The lowest BCUT2D eigenvalue weighted by molar-refractivity contribution is -0.150. The molecule has 0 radical (unpaired) electrons. The molecule has 0 amide bonds. The average Bonchev–Trinajstić information content (AvgIpc) is 2.92. The summed E-state index contributed by atoms with van der Waals surface area (Å²) in [5.41, 5.74) is 0. The van der Waals surface area contributed by atoms with E-state index in [2.05, 4.69) is 9.47 Å². The standard InChI is InChI=1S/C6H14O3.C4H2O3.C4H10O3/c7-3-1-5-9-6-2-4-8;5-3-1-2-4(6)7-3;5-1-3-7-4-2-6/h7-8H,1-6H2;1-2H;5-6H,1-4H2. The molecule has 23 heavy (non-hydrogen) atoms. The molecule has 0 atom stereocenters. The predicted molar refractivity (Wildman–Crippen MR) is 79.5 cm³/mol. The first-order chi connectivity index (χ1) is 11.1. The summed E-state index contributed by atoms with van der Waals surface area (Å²) < 4.78 is 13.6. The second kappa shape index (κ2) is 20.6. The summed E-state index contributed by atoms with van der Waals surface area (Å²) >= 11 is 0. The van der Waals surface area contributed by atoms with Gasteiger partial charge in [0.15, 0.2) is 0 Å². The molecule has 1 aliphatic rings. The van der Waals surface area contributed by atoms with Crippen molar-refractivity contribution in [3.8, 4) is 0 Å². The molecule has 0 bridgehead atoms. The SMILES string of the molecule is O=C1C=CC(=O)O1.OCCCOCCCO.OCCOCCO. The minimum atomic E-state index is -0.579. The Hall–Kier alpha value is -1.36. The third-order valence-corrected chi connectivity index (χ3v) is 1.92. The van der Waals surface area contributed by atoms with Crippen molar-refractivity contribution in [3.63, 3.8) is 0 Å². The summed E-state index contributed by atoms with van der Waals surface area (Å²) in [4.78, 5) is 19.8. The molecule has 1 rings (SSSR count). The third-order valence-electron chi connectivity index (χ3n) is 1.92. The number of carbonyl (C=O) groups excluding carboxylic acids is 2. The van der Waals surface area contributed by atoms with Crippen LogP contribution in [0.3, 0.4) is 0 Å². The van der Waals surface area contributed by atoms with E-state index in [9.17, 15) is 9.59 Å². The summed E-state index contributed by atoms with van der Waals surface area (Å²) in [5.74, 6) is -1.16. The fourth-order valence-corrected chi connectivity index (χ4v) is 0.970. The zero-order valence-electron chi connectivity index (χ0n) is 13.1. The van der Waals surface area contributed by atoms with Crippen molar-refractivity contribution in [1.82, 2.24) is 0 Å². The molecule has 0 aliphatic carbocycles. The van der Waals surface area contributed by atoms with Crippen LogP contribution in [0.25, 0.3) is 0 Å². The first-order valence-electron chi connectivity index (χ1n) is 7.15. The minimum absolute atomic E-state index is 0.0278. The first-order valence-corrected chi connectivity index (χ1v) is 7.15. The molecule has 0 aromatic rings. The van der Waals surface area contributed by atoms with Crippen molar-refractivity contribution in [2.24, 2.45) is 0 Å². The van der Waals surface area contributed by atoms with E-state index in [4.69, 9.17) is 25.2 Å². The molecular formula is C14H26O9. The fraction of sp³-hybridized carbons (Fsp3) is 0.714. The Morgan fingerprint density at radius 3 is 1.35 bits per heavy atom. The van der Waals surface area contributed by atoms with Gasteiger partial charge in [0.25, 0.3) is 0 Å². The molecule has 9 heteroatoms. The van der Waals surface area contributed by atoms with E-state index in [1.165, 1.54) is 0 Å². The highest BCUT2D eigenvalue weighted by atomic mass is 16.6. The monoisotopic (exact) mass is 338 g/mol. The Kier molecular flexibility index (Phi) is 21.4. The van der Waals surface area contributed by atoms with Crippen LogP contribution in [0, 0.1) is 0 Å². The summed E-state index contributed by atoms with van der Waals surface area (Å²) in [5, 5.41) is 32.8. The summed E-state index contributed by atoms with van der Waals surface area (Å²) in [6.45, 7) is 2.24. The van der Waals surface area contributed by atoms with Crippen molar-refractivity contribution in [1.29, 1.82) is 0 Å². The van der Waals surface area contributed by atoms with E-state index in [1.54, 1.807) is 0 Å². The number of aliphatic hydroxyl groups is 4. The molecule has 0 unspecified atom stereocenters. The predicted octanol–water partition coefficient (Wildman–Crippen LogP) is -1.62. The third kappa shape index (κ3) is 23.0. The van der Waals surface area contributed by atoms with Crippen LogP contribution in [0.1, 0.15) is 12.8 Å². The highest BCUT2D eigenvalue weighted by Gasteiger charge is 2.10. The lowest BCUT2D eigenvalue weighted by atomic mass is 10.5. The van der Waals surface area contributed by atoms with Gasteiger partial charge in [0.2, 0.25) is 0 Å². The average molecular weight is 338 g/mol. The largest absolute Gasteiger partial charge is 0.396 e. The molecule has 0 aromatic carbocycles.